The average Bonchev–Trinajstić information content (AvgIpc) is 3.08. The third-order valence-corrected chi connectivity index (χ3v) is 5.28. The molecule has 0 aliphatic heterocycles. The lowest BCUT2D eigenvalue weighted by Gasteiger charge is -2.14. The van der Waals surface area contributed by atoms with Crippen LogP contribution in [0, 0.1) is 12.8 Å². The Kier molecular flexibility index (Phi) is 4.50. The van der Waals surface area contributed by atoms with Gasteiger partial charge in [0.05, 0.1) is 15.5 Å². The van der Waals surface area contributed by atoms with Crippen LogP contribution in [0.1, 0.15) is 31.0 Å². The Morgan fingerprint density at radius 3 is 3.05 bits per heavy atom. The zero-order valence-electron chi connectivity index (χ0n) is 11.9. The highest BCUT2D eigenvalue weighted by molar-refractivity contribution is 9.10. The number of nitrogens with one attached hydrogen (secondary N) is 1. The Hall–Kier alpha value is -1.07. The van der Waals surface area contributed by atoms with Crippen molar-refractivity contribution in [2.75, 3.05) is 11.9 Å². The van der Waals surface area contributed by atoms with E-state index in [0.717, 1.165) is 16.8 Å². The van der Waals surface area contributed by atoms with Gasteiger partial charge >= 0.3 is 0 Å². The lowest BCUT2D eigenvalue weighted by atomic mass is 10.1. The van der Waals surface area contributed by atoms with Crippen LogP contribution in [0.4, 0.5) is 5.82 Å². The second-order valence-corrected chi connectivity index (χ2v) is 6.88. The standard InChI is InChI=1S/C15H18BrClN4/c1-10-4-5-20-21(10)12-3-2-11(6-12)8-18-15-7-14(17)13(16)9-19-15/h4-5,7,9,11-12H,2-3,6,8H2,1H3,(H,18,19). The molecule has 2 heterocycles. The number of hydrogen-bond donors (Lipinski definition) is 1. The van der Waals surface area contributed by atoms with Crippen molar-refractivity contribution in [3.05, 3.63) is 39.7 Å². The predicted octanol–water partition coefficient (Wildman–Crippen LogP) is 4.46. The Bertz CT molecular complexity index is 628. The van der Waals surface area contributed by atoms with E-state index in [2.05, 4.69) is 49.0 Å². The number of anilines is 1. The first-order valence-corrected chi connectivity index (χ1v) is 8.35. The predicted molar refractivity (Wildman–Crippen MR) is 88.8 cm³/mol. The van der Waals surface area contributed by atoms with Crippen LogP contribution in [0.5, 0.6) is 0 Å². The van der Waals surface area contributed by atoms with Gasteiger partial charge < -0.3 is 5.32 Å². The number of pyridine rings is 1. The SMILES string of the molecule is Cc1ccnn1C1CCC(CNc2cc(Cl)c(Br)cn2)C1. The van der Waals surface area contributed by atoms with Crippen LogP contribution in [-0.2, 0) is 0 Å². The molecule has 1 aliphatic rings. The van der Waals surface area contributed by atoms with Gasteiger partial charge in [-0.1, -0.05) is 11.6 Å². The molecular formula is C15H18BrClN4. The topological polar surface area (TPSA) is 42.7 Å². The van der Waals surface area contributed by atoms with E-state index in [1.54, 1.807) is 6.20 Å². The van der Waals surface area contributed by atoms with Crippen molar-refractivity contribution < 1.29 is 0 Å². The molecule has 2 aromatic heterocycles. The van der Waals surface area contributed by atoms with E-state index in [0.29, 0.717) is 17.0 Å². The zero-order valence-corrected chi connectivity index (χ0v) is 14.2. The molecular weight excluding hydrogens is 352 g/mol. The highest BCUT2D eigenvalue weighted by Crippen LogP contribution is 2.35. The summed E-state index contributed by atoms with van der Waals surface area (Å²) in [6.45, 7) is 3.05. The number of aryl methyl sites for hydroxylation is 1. The van der Waals surface area contributed by atoms with Crippen LogP contribution in [0.15, 0.2) is 29.0 Å². The van der Waals surface area contributed by atoms with E-state index in [1.165, 1.54) is 25.0 Å². The van der Waals surface area contributed by atoms with Crippen LogP contribution >= 0.6 is 27.5 Å². The minimum absolute atomic E-state index is 0.535. The van der Waals surface area contributed by atoms with Crippen LogP contribution < -0.4 is 5.32 Å². The van der Waals surface area contributed by atoms with Gasteiger partial charge in [-0.05, 0) is 54.1 Å². The van der Waals surface area contributed by atoms with Crippen LogP contribution in [0.3, 0.4) is 0 Å². The summed E-state index contributed by atoms with van der Waals surface area (Å²) in [6.07, 6.45) is 7.20. The molecule has 0 spiro atoms. The van der Waals surface area contributed by atoms with Crippen molar-refractivity contribution in [1.29, 1.82) is 0 Å². The molecule has 2 unspecified atom stereocenters. The van der Waals surface area contributed by atoms with E-state index in [-0.39, 0.29) is 0 Å². The molecule has 1 aliphatic carbocycles. The molecule has 21 heavy (non-hydrogen) atoms. The van der Waals surface area contributed by atoms with E-state index >= 15 is 0 Å². The molecule has 4 nitrogen and oxygen atoms in total. The van der Waals surface area contributed by atoms with Gasteiger partial charge in [0.2, 0.25) is 0 Å². The summed E-state index contributed by atoms with van der Waals surface area (Å²) in [4.78, 5) is 4.32. The van der Waals surface area contributed by atoms with Crippen LogP contribution in [0.25, 0.3) is 0 Å². The maximum atomic E-state index is 6.08. The second kappa shape index (κ2) is 6.36. The molecule has 1 saturated carbocycles. The maximum Gasteiger partial charge on any atom is 0.127 e. The average molecular weight is 370 g/mol. The molecule has 1 N–H and O–H groups in total. The first-order valence-electron chi connectivity index (χ1n) is 7.18. The molecule has 0 saturated heterocycles. The molecule has 1 fully saturated rings. The van der Waals surface area contributed by atoms with E-state index in [9.17, 15) is 0 Å². The van der Waals surface area contributed by atoms with Gasteiger partial charge in [-0.15, -0.1) is 0 Å². The van der Waals surface area contributed by atoms with E-state index in [1.807, 2.05) is 12.3 Å². The van der Waals surface area contributed by atoms with E-state index in [4.69, 9.17) is 11.6 Å². The quantitative estimate of drug-likeness (QED) is 0.865. The van der Waals surface area contributed by atoms with Crippen LogP contribution in [0.2, 0.25) is 5.02 Å². The number of nitrogens with zero attached hydrogens (tertiary/aromatic N) is 3. The number of halogens is 2. The Morgan fingerprint density at radius 1 is 1.48 bits per heavy atom. The Labute approximate surface area is 138 Å². The highest BCUT2D eigenvalue weighted by Gasteiger charge is 2.26. The summed E-state index contributed by atoms with van der Waals surface area (Å²) in [5, 5.41) is 8.51. The third-order valence-electron chi connectivity index (χ3n) is 4.11. The number of aromatic nitrogens is 3. The van der Waals surface area contributed by atoms with Crippen molar-refractivity contribution in [3.63, 3.8) is 0 Å². The third kappa shape index (κ3) is 3.40. The molecule has 112 valence electrons. The maximum absolute atomic E-state index is 6.08. The van der Waals surface area contributed by atoms with Gasteiger partial charge in [0, 0.05) is 30.7 Å². The molecule has 6 heteroatoms. The monoisotopic (exact) mass is 368 g/mol. The molecule has 2 atom stereocenters. The van der Waals surface area contributed by atoms with E-state index < -0.39 is 0 Å². The normalized spacial score (nSPS) is 21.7. The fraction of sp³-hybridized carbons (Fsp3) is 0.467. The smallest absolute Gasteiger partial charge is 0.127 e. The summed E-state index contributed by atoms with van der Waals surface area (Å²) in [6, 6.07) is 4.46. The van der Waals surface area contributed by atoms with Crippen molar-refractivity contribution in [2.45, 2.75) is 32.2 Å². The summed E-state index contributed by atoms with van der Waals surface area (Å²) in [7, 11) is 0. The summed E-state index contributed by atoms with van der Waals surface area (Å²) in [5.74, 6) is 1.49. The van der Waals surface area contributed by atoms with Gasteiger partial charge in [0.15, 0.2) is 0 Å². The largest absolute Gasteiger partial charge is 0.370 e. The summed E-state index contributed by atoms with van der Waals surface area (Å²) in [5.41, 5.74) is 1.25. The van der Waals surface area contributed by atoms with Crippen molar-refractivity contribution in [3.8, 4) is 0 Å². The Morgan fingerprint density at radius 2 is 2.33 bits per heavy atom. The summed E-state index contributed by atoms with van der Waals surface area (Å²) < 4.78 is 2.99. The van der Waals surface area contributed by atoms with Gasteiger partial charge in [-0.25, -0.2) is 4.98 Å². The fourth-order valence-electron chi connectivity index (χ4n) is 2.98. The van der Waals surface area contributed by atoms with Gasteiger partial charge in [0.25, 0.3) is 0 Å². The van der Waals surface area contributed by atoms with Gasteiger partial charge in [-0.3, -0.25) is 4.68 Å². The lowest BCUT2D eigenvalue weighted by molar-refractivity contribution is 0.437. The molecule has 3 rings (SSSR count). The number of rotatable bonds is 4. The lowest BCUT2D eigenvalue weighted by Crippen LogP contribution is -2.14. The van der Waals surface area contributed by atoms with Crippen molar-refractivity contribution >= 4 is 33.3 Å². The molecule has 0 radical (unpaired) electrons. The first-order chi connectivity index (χ1) is 10.1. The molecule has 2 aromatic rings. The minimum atomic E-state index is 0.535. The van der Waals surface area contributed by atoms with Gasteiger partial charge in [-0.2, -0.15) is 5.10 Å². The molecule has 0 amide bonds. The second-order valence-electron chi connectivity index (χ2n) is 5.61. The first kappa shape index (κ1) is 14.9. The van der Waals surface area contributed by atoms with Crippen molar-refractivity contribution in [1.82, 2.24) is 14.8 Å². The zero-order chi connectivity index (χ0) is 14.8. The minimum Gasteiger partial charge on any atom is -0.370 e. The van der Waals surface area contributed by atoms with Crippen molar-refractivity contribution in [2.24, 2.45) is 5.92 Å². The molecule has 0 aromatic carbocycles. The fourth-order valence-corrected chi connectivity index (χ4v) is 3.35. The van der Waals surface area contributed by atoms with Crippen LogP contribution in [-0.4, -0.2) is 21.3 Å². The number of hydrogen-bond acceptors (Lipinski definition) is 3. The molecule has 0 bridgehead atoms. The Balaban J connectivity index is 1.55. The van der Waals surface area contributed by atoms with Gasteiger partial charge in [0.1, 0.15) is 5.82 Å². The summed E-state index contributed by atoms with van der Waals surface area (Å²) >= 11 is 9.43. The highest BCUT2D eigenvalue weighted by atomic mass is 79.9.